The fraction of sp³-hybridized carbons (Fsp3) is 0.455. The zero-order valence-electron chi connectivity index (χ0n) is 9.03. The quantitative estimate of drug-likeness (QED) is 0.862. The fourth-order valence-electron chi connectivity index (χ4n) is 1.30. The third-order valence-corrected chi connectivity index (χ3v) is 3.40. The summed E-state index contributed by atoms with van der Waals surface area (Å²) in [5.41, 5.74) is 1.00. The molecule has 0 fully saturated rings. The second-order valence-electron chi connectivity index (χ2n) is 3.63. The van der Waals surface area contributed by atoms with Crippen LogP contribution < -0.4 is 5.32 Å². The molecule has 0 aliphatic carbocycles. The molecule has 0 amide bonds. The number of fused-ring (bicyclic) bond motifs is 1. The van der Waals surface area contributed by atoms with Crippen molar-refractivity contribution in [3.8, 4) is 0 Å². The van der Waals surface area contributed by atoms with E-state index in [0.29, 0.717) is 6.04 Å². The highest BCUT2D eigenvalue weighted by molar-refractivity contribution is 7.18. The minimum atomic E-state index is 0.546. The summed E-state index contributed by atoms with van der Waals surface area (Å²) in [5, 5.41) is 4.54. The molecule has 2 aromatic heterocycles. The number of hydrogen-bond acceptors (Lipinski definition) is 4. The molecule has 1 atom stereocenters. The normalized spacial score (nSPS) is 13.2. The Kier molecular flexibility index (Phi) is 3.28. The molecule has 0 aromatic carbocycles. The number of nitrogens with one attached hydrogen (secondary N) is 1. The van der Waals surface area contributed by atoms with Crippen molar-refractivity contribution in [2.24, 2.45) is 0 Å². The van der Waals surface area contributed by atoms with Gasteiger partial charge < -0.3 is 5.32 Å². The van der Waals surface area contributed by atoms with Crippen molar-refractivity contribution in [2.45, 2.75) is 32.9 Å². The Balaban J connectivity index is 2.09. The third-order valence-electron chi connectivity index (χ3n) is 2.42. The molecular weight excluding hydrogens is 206 g/mol. The van der Waals surface area contributed by atoms with Crippen molar-refractivity contribution in [1.29, 1.82) is 0 Å². The molecule has 0 radical (unpaired) electrons. The van der Waals surface area contributed by atoms with Gasteiger partial charge in [-0.2, -0.15) is 0 Å². The molecule has 1 N–H and O–H groups in total. The van der Waals surface area contributed by atoms with Gasteiger partial charge in [0.2, 0.25) is 0 Å². The lowest BCUT2D eigenvalue weighted by Gasteiger charge is -2.08. The van der Waals surface area contributed by atoms with E-state index in [1.54, 1.807) is 11.3 Å². The predicted molar refractivity (Wildman–Crippen MR) is 64.0 cm³/mol. The maximum atomic E-state index is 4.51. The number of aromatic nitrogens is 2. The van der Waals surface area contributed by atoms with Gasteiger partial charge in [-0.15, -0.1) is 0 Å². The highest BCUT2D eigenvalue weighted by Crippen LogP contribution is 2.18. The number of hydrogen-bond donors (Lipinski definition) is 1. The molecule has 2 aromatic rings. The summed E-state index contributed by atoms with van der Waals surface area (Å²) in [4.78, 5) is 9.82. The third kappa shape index (κ3) is 2.52. The van der Waals surface area contributed by atoms with E-state index in [4.69, 9.17) is 0 Å². The topological polar surface area (TPSA) is 37.8 Å². The molecule has 4 heteroatoms. The minimum Gasteiger partial charge on any atom is -0.308 e. The summed E-state index contributed by atoms with van der Waals surface area (Å²) in [6.45, 7) is 5.21. The van der Waals surface area contributed by atoms with Crippen LogP contribution in [0.15, 0.2) is 18.3 Å². The van der Waals surface area contributed by atoms with Crippen LogP contribution in [0.3, 0.4) is 0 Å². The van der Waals surface area contributed by atoms with Gasteiger partial charge in [-0.25, -0.2) is 9.97 Å². The van der Waals surface area contributed by atoms with E-state index in [1.807, 2.05) is 18.3 Å². The molecule has 3 nitrogen and oxygen atoms in total. The van der Waals surface area contributed by atoms with Crippen molar-refractivity contribution in [1.82, 2.24) is 15.3 Å². The Labute approximate surface area is 93.6 Å². The monoisotopic (exact) mass is 221 g/mol. The van der Waals surface area contributed by atoms with Gasteiger partial charge >= 0.3 is 0 Å². The van der Waals surface area contributed by atoms with Crippen molar-refractivity contribution in [2.75, 3.05) is 0 Å². The lowest BCUT2D eigenvalue weighted by atomic mass is 10.3. The van der Waals surface area contributed by atoms with Crippen LogP contribution >= 0.6 is 11.3 Å². The van der Waals surface area contributed by atoms with Crippen LogP contribution in [0.4, 0.5) is 0 Å². The second kappa shape index (κ2) is 4.68. The van der Waals surface area contributed by atoms with E-state index in [1.165, 1.54) is 0 Å². The SMILES string of the molecule is CCC(C)NCc1nc2cccnc2s1. The maximum Gasteiger partial charge on any atom is 0.143 e. The molecule has 0 saturated heterocycles. The highest BCUT2D eigenvalue weighted by atomic mass is 32.1. The largest absolute Gasteiger partial charge is 0.308 e. The molecule has 2 rings (SSSR count). The standard InChI is InChI=1S/C11H15N3S/c1-3-8(2)13-7-10-14-9-5-4-6-12-11(9)15-10/h4-6,8,13H,3,7H2,1-2H3. The Morgan fingerprint density at radius 2 is 2.40 bits per heavy atom. The Morgan fingerprint density at radius 3 is 3.13 bits per heavy atom. The van der Waals surface area contributed by atoms with E-state index >= 15 is 0 Å². The van der Waals surface area contributed by atoms with E-state index in [9.17, 15) is 0 Å². The van der Waals surface area contributed by atoms with Gasteiger partial charge in [0.05, 0.1) is 0 Å². The van der Waals surface area contributed by atoms with Crippen LogP contribution in [-0.4, -0.2) is 16.0 Å². The molecule has 2 heterocycles. The van der Waals surface area contributed by atoms with E-state index in [0.717, 1.165) is 28.3 Å². The van der Waals surface area contributed by atoms with Gasteiger partial charge in [-0.05, 0) is 25.5 Å². The van der Waals surface area contributed by atoms with Crippen molar-refractivity contribution < 1.29 is 0 Å². The molecule has 0 aliphatic heterocycles. The van der Waals surface area contributed by atoms with Gasteiger partial charge in [0.15, 0.2) is 0 Å². The summed E-state index contributed by atoms with van der Waals surface area (Å²) in [6.07, 6.45) is 2.95. The van der Waals surface area contributed by atoms with Crippen LogP contribution in [0.2, 0.25) is 0 Å². The van der Waals surface area contributed by atoms with Crippen molar-refractivity contribution in [3.63, 3.8) is 0 Å². The number of pyridine rings is 1. The number of nitrogens with zero attached hydrogens (tertiary/aromatic N) is 2. The zero-order chi connectivity index (χ0) is 10.7. The summed E-state index contributed by atoms with van der Waals surface area (Å²) >= 11 is 1.67. The molecule has 0 saturated carbocycles. The first kappa shape index (κ1) is 10.5. The van der Waals surface area contributed by atoms with E-state index in [2.05, 4.69) is 29.1 Å². The summed E-state index contributed by atoms with van der Waals surface area (Å²) in [7, 11) is 0. The van der Waals surface area contributed by atoms with Gasteiger partial charge in [-0.3, -0.25) is 0 Å². The molecule has 80 valence electrons. The molecule has 15 heavy (non-hydrogen) atoms. The fourth-order valence-corrected chi connectivity index (χ4v) is 2.15. The zero-order valence-corrected chi connectivity index (χ0v) is 9.84. The summed E-state index contributed by atoms with van der Waals surface area (Å²) in [5.74, 6) is 0. The van der Waals surface area contributed by atoms with Gasteiger partial charge in [0, 0.05) is 18.8 Å². The maximum absolute atomic E-state index is 4.51. The van der Waals surface area contributed by atoms with Crippen LogP contribution in [-0.2, 0) is 6.54 Å². The predicted octanol–water partition coefficient (Wildman–Crippen LogP) is 2.58. The molecule has 0 spiro atoms. The lowest BCUT2D eigenvalue weighted by molar-refractivity contribution is 0.533. The van der Waals surface area contributed by atoms with Gasteiger partial charge in [-0.1, -0.05) is 18.3 Å². The van der Waals surface area contributed by atoms with Crippen LogP contribution in [0, 0.1) is 0 Å². The number of rotatable bonds is 4. The van der Waals surface area contributed by atoms with Gasteiger partial charge in [0.1, 0.15) is 15.4 Å². The summed E-state index contributed by atoms with van der Waals surface area (Å²) < 4.78 is 0. The first-order valence-electron chi connectivity index (χ1n) is 5.23. The molecule has 0 aliphatic rings. The average Bonchev–Trinajstić information content (AvgIpc) is 2.68. The molecule has 0 bridgehead atoms. The van der Waals surface area contributed by atoms with E-state index in [-0.39, 0.29) is 0 Å². The average molecular weight is 221 g/mol. The van der Waals surface area contributed by atoms with Crippen LogP contribution in [0.1, 0.15) is 25.3 Å². The molecule has 1 unspecified atom stereocenters. The molecular formula is C11H15N3S. The second-order valence-corrected chi connectivity index (χ2v) is 4.69. The van der Waals surface area contributed by atoms with Crippen LogP contribution in [0.5, 0.6) is 0 Å². The summed E-state index contributed by atoms with van der Waals surface area (Å²) in [6, 6.07) is 4.48. The first-order valence-corrected chi connectivity index (χ1v) is 6.05. The van der Waals surface area contributed by atoms with Gasteiger partial charge in [0.25, 0.3) is 0 Å². The Morgan fingerprint density at radius 1 is 1.53 bits per heavy atom. The lowest BCUT2D eigenvalue weighted by Crippen LogP contribution is -2.24. The van der Waals surface area contributed by atoms with E-state index < -0.39 is 0 Å². The van der Waals surface area contributed by atoms with Crippen molar-refractivity contribution in [3.05, 3.63) is 23.3 Å². The smallest absolute Gasteiger partial charge is 0.143 e. The highest BCUT2D eigenvalue weighted by Gasteiger charge is 2.04. The Bertz CT molecular complexity index is 405. The van der Waals surface area contributed by atoms with Crippen LogP contribution in [0.25, 0.3) is 10.3 Å². The minimum absolute atomic E-state index is 0.546. The van der Waals surface area contributed by atoms with Crippen molar-refractivity contribution >= 4 is 21.7 Å². The first-order chi connectivity index (χ1) is 7.29. The number of thiazole rings is 1. The Hall–Kier alpha value is -1.00.